The van der Waals surface area contributed by atoms with Crippen molar-refractivity contribution in [1.29, 1.82) is 0 Å². The van der Waals surface area contributed by atoms with E-state index in [1.165, 1.54) is 25.7 Å². The molecule has 138 valence electrons. The quantitative estimate of drug-likeness (QED) is 0.829. The summed E-state index contributed by atoms with van der Waals surface area (Å²) in [5.74, 6) is 1.14. The van der Waals surface area contributed by atoms with E-state index in [0.29, 0.717) is 11.5 Å². The van der Waals surface area contributed by atoms with Crippen molar-refractivity contribution in [2.45, 2.75) is 52.4 Å². The molecule has 0 aliphatic carbocycles. The van der Waals surface area contributed by atoms with Crippen molar-refractivity contribution < 1.29 is 4.79 Å². The molecule has 0 bridgehead atoms. The molecule has 1 amide bonds. The van der Waals surface area contributed by atoms with E-state index in [0.717, 1.165) is 61.5 Å². The first kappa shape index (κ1) is 17.2. The molecule has 2 aliphatic rings. The predicted molar refractivity (Wildman–Crippen MR) is 103 cm³/mol. The number of hydrogen-bond acceptors (Lipinski definition) is 5. The molecule has 4 rings (SSSR count). The molecule has 6 heteroatoms. The molecule has 2 fully saturated rings. The molecule has 0 spiro atoms. The first-order valence-electron chi connectivity index (χ1n) is 9.84. The second-order valence-electron chi connectivity index (χ2n) is 7.55. The van der Waals surface area contributed by atoms with Crippen LogP contribution in [0.1, 0.15) is 60.4 Å². The maximum absolute atomic E-state index is 13.1. The van der Waals surface area contributed by atoms with E-state index >= 15 is 0 Å². The van der Waals surface area contributed by atoms with Crippen molar-refractivity contribution in [3.63, 3.8) is 0 Å². The van der Waals surface area contributed by atoms with Crippen molar-refractivity contribution in [2.75, 3.05) is 31.1 Å². The monoisotopic (exact) mass is 353 g/mol. The van der Waals surface area contributed by atoms with Crippen LogP contribution in [0, 0.1) is 13.8 Å². The van der Waals surface area contributed by atoms with Gasteiger partial charge in [-0.1, -0.05) is 12.8 Å². The molecule has 2 aliphatic heterocycles. The van der Waals surface area contributed by atoms with Crippen LogP contribution in [0.3, 0.4) is 0 Å². The number of aromatic nitrogens is 3. The van der Waals surface area contributed by atoms with Gasteiger partial charge in [-0.05, 0) is 51.2 Å². The topological polar surface area (TPSA) is 62.2 Å². The number of carbonyl (C=O) groups is 1. The predicted octanol–water partition coefficient (Wildman–Crippen LogP) is 3.26. The lowest BCUT2D eigenvalue weighted by Gasteiger charge is -2.22. The fraction of sp³-hybridized carbons (Fsp3) is 0.600. The van der Waals surface area contributed by atoms with Gasteiger partial charge < -0.3 is 9.80 Å². The first-order valence-corrected chi connectivity index (χ1v) is 9.84. The van der Waals surface area contributed by atoms with E-state index < -0.39 is 0 Å². The third-order valence-electron chi connectivity index (χ3n) is 5.46. The van der Waals surface area contributed by atoms with Gasteiger partial charge in [0.1, 0.15) is 5.82 Å². The van der Waals surface area contributed by atoms with Crippen LogP contribution < -0.4 is 4.90 Å². The van der Waals surface area contributed by atoms with Gasteiger partial charge >= 0.3 is 0 Å². The normalized spacial score (nSPS) is 18.4. The first-order chi connectivity index (χ1) is 12.6. The minimum Gasteiger partial charge on any atom is -0.356 e. The summed E-state index contributed by atoms with van der Waals surface area (Å²) in [5, 5.41) is 0.991. The molecule has 0 N–H and O–H groups in total. The minimum atomic E-state index is -0.0461. The summed E-state index contributed by atoms with van der Waals surface area (Å²) in [4.78, 5) is 31.3. The molecule has 0 saturated carbocycles. The Labute approximate surface area is 154 Å². The van der Waals surface area contributed by atoms with Gasteiger partial charge in [0.05, 0.1) is 5.39 Å². The van der Waals surface area contributed by atoms with E-state index in [1.54, 1.807) is 0 Å². The van der Waals surface area contributed by atoms with Crippen molar-refractivity contribution in [3.05, 3.63) is 23.1 Å². The molecule has 4 heterocycles. The highest BCUT2D eigenvalue weighted by Crippen LogP contribution is 2.29. The number of likely N-dealkylation sites (tertiary alicyclic amines) is 1. The maximum atomic E-state index is 13.1. The van der Waals surface area contributed by atoms with Crippen LogP contribution >= 0.6 is 0 Å². The molecule has 0 aromatic carbocycles. The highest BCUT2D eigenvalue weighted by atomic mass is 16.2. The Balaban J connectivity index is 1.80. The van der Waals surface area contributed by atoms with E-state index in [9.17, 15) is 4.79 Å². The third-order valence-corrected chi connectivity index (χ3v) is 5.46. The summed E-state index contributed by atoms with van der Waals surface area (Å²) < 4.78 is 0. The van der Waals surface area contributed by atoms with E-state index in [2.05, 4.69) is 27.9 Å². The lowest BCUT2D eigenvalue weighted by molar-refractivity contribution is 0.0750. The van der Waals surface area contributed by atoms with Gasteiger partial charge in [-0.25, -0.2) is 15.0 Å². The van der Waals surface area contributed by atoms with Crippen LogP contribution in [0.15, 0.2) is 6.07 Å². The van der Waals surface area contributed by atoms with Crippen molar-refractivity contribution in [3.8, 4) is 0 Å². The maximum Gasteiger partial charge on any atom is 0.291 e. The van der Waals surface area contributed by atoms with Crippen LogP contribution in [0.25, 0.3) is 11.0 Å². The molecule has 2 aromatic rings. The minimum absolute atomic E-state index is 0.0461. The van der Waals surface area contributed by atoms with Gasteiger partial charge in [0.2, 0.25) is 5.82 Å². The number of anilines is 1. The molecule has 0 unspecified atom stereocenters. The Morgan fingerprint density at radius 3 is 2.23 bits per heavy atom. The summed E-state index contributed by atoms with van der Waals surface area (Å²) in [6, 6.07) is 2.07. The Kier molecular flexibility index (Phi) is 4.74. The molecular weight excluding hydrogens is 326 g/mol. The number of fused-ring (bicyclic) bond motifs is 1. The van der Waals surface area contributed by atoms with Gasteiger partial charge in [0.25, 0.3) is 5.91 Å². The van der Waals surface area contributed by atoms with Crippen molar-refractivity contribution in [2.24, 2.45) is 0 Å². The Bertz CT molecular complexity index is 821. The lowest BCUT2D eigenvalue weighted by Crippen LogP contribution is -2.33. The summed E-state index contributed by atoms with van der Waals surface area (Å²) in [5.41, 5.74) is 2.70. The number of pyridine rings is 1. The van der Waals surface area contributed by atoms with Crippen LogP contribution in [0.2, 0.25) is 0 Å². The standard InChI is InChI=1S/C20H27N5O/c1-14-13-15(2)21-17-16(14)19(24-9-7-8-10-24)23-18(22-17)20(26)25-11-5-3-4-6-12-25/h13H,3-12H2,1-2H3. The lowest BCUT2D eigenvalue weighted by atomic mass is 10.1. The molecule has 0 radical (unpaired) electrons. The molecule has 2 saturated heterocycles. The highest BCUT2D eigenvalue weighted by molar-refractivity contribution is 5.97. The van der Waals surface area contributed by atoms with Gasteiger partial charge in [0, 0.05) is 31.9 Å². The number of nitrogens with zero attached hydrogens (tertiary/aromatic N) is 5. The smallest absolute Gasteiger partial charge is 0.291 e. The number of amides is 1. The second-order valence-corrected chi connectivity index (χ2v) is 7.55. The largest absolute Gasteiger partial charge is 0.356 e. The number of carbonyl (C=O) groups excluding carboxylic acids is 1. The van der Waals surface area contributed by atoms with E-state index in [-0.39, 0.29) is 5.91 Å². The molecule has 2 aromatic heterocycles. The average Bonchev–Trinajstić information content (AvgIpc) is 3.02. The van der Waals surface area contributed by atoms with Crippen molar-refractivity contribution >= 4 is 22.8 Å². The zero-order valence-corrected chi connectivity index (χ0v) is 15.8. The van der Waals surface area contributed by atoms with E-state index in [4.69, 9.17) is 4.98 Å². The summed E-state index contributed by atoms with van der Waals surface area (Å²) >= 11 is 0. The third kappa shape index (κ3) is 3.24. The zero-order chi connectivity index (χ0) is 18.1. The van der Waals surface area contributed by atoms with E-state index in [1.807, 2.05) is 11.8 Å². The highest BCUT2D eigenvalue weighted by Gasteiger charge is 2.25. The number of hydrogen-bond donors (Lipinski definition) is 0. The van der Waals surface area contributed by atoms with Gasteiger partial charge in [-0.3, -0.25) is 4.79 Å². The summed E-state index contributed by atoms with van der Waals surface area (Å²) in [7, 11) is 0. The second kappa shape index (κ2) is 7.17. The molecule has 0 atom stereocenters. The summed E-state index contributed by atoms with van der Waals surface area (Å²) in [6.07, 6.45) is 6.85. The van der Waals surface area contributed by atoms with Gasteiger partial charge in [-0.15, -0.1) is 0 Å². The van der Waals surface area contributed by atoms with Crippen molar-refractivity contribution in [1.82, 2.24) is 19.9 Å². The van der Waals surface area contributed by atoms with Gasteiger partial charge in [-0.2, -0.15) is 0 Å². The fourth-order valence-corrected chi connectivity index (χ4v) is 4.12. The Morgan fingerprint density at radius 2 is 1.54 bits per heavy atom. The van der Waals surface area contributed by atoms with Crippen LogP contribution in [-0.2, 0) is 0 Å². The van der Waals surface area contributed by atoms with Crippen LogP contribution in [0.4, 0.5) is 5.82 Å². The van der Waals surface area contributed by atoms with Crippen LogP contribution in [0.5, 0.6) is 0 Å². The van der Waals surface area contributed by atoms with Gasteiger partial charge in [0.15, 0.2) is 5.65 Å². The Morgan fingerprint density at radius 1 is 0.885 bits per heavy atom. The Hall–Kier alpha value is -2.24. The fourth-order valence-electron chi connectivity index (χ4n) is 4.12. The number of rotatable bonds is 2. The number of aryl methyl sites for hydroxylation is 2. The molecule has 6 nitrogen and oxygen atoms in total. The summed E-state index contributed by atoms with van der Waals surface area (Å²) in [6.45, 7) is 7.63. The SMILES string of the molecule is Cc1cc(C)c2c(N3CCCC3)nc(C(=O)N3CCCCCC3)nc2n1. The molecule has 26 heavy (non-hydrogen) atoms. The molecular formula is C20H27N5O. The van der Waals surface area contributed by atoms with Crippen LogP contribution in [-0.4, -0.2) is 51.9 Å². The average molecular weight is 353 g/mol. The zero-order valence-electron chi connectivity index (χ0n) is 15.8.